The molecule has 3 rings (SSSR count). The van der Waals surface area contributed by atoms with Crippen LogP contribution in [-0.4, -0.2) is 23.6 Å². The van der Waals surface area contributed by atoms with E-state index in [4.69, 9.17) is 0 Å². The minimum atomic E-state index is 0.454. The Balaban J connectivity index is 2.00. The van der Waals surface area contributed by atoms with E-state index in [9.17, 15) is 0 Å². The smallest absolute Gasteiger partial charge is 0.0386 e. The Kier molecular flexibility index (Phi) is 1.34. The van der Waals surface area contributed by atoms with E-state index < -0.39 is 0 Å². The Morgan fingerprint density at radius 1 is 1.46 bits per heavy atom. The van der Waals surface area contributed by atoms with E-state index in [-0.39, 0.29) is 0 Å². The Morgan fingerprint density at radius 2 is 2.23 bits per heavy atom. The summed E-state index contributed by atoms with van der Waals surface area (Å²) in [6.07, 6.45) is 5.71. The molecule has 1 spiro atoms. The number of hydrogen-bond donors (Lipinski definition) is 1. The maximum Gasteiger partial charge on any atom is 0.0386 e. The van der Waals surface area contributed by atoms with Crippen LogP contribution in [0.1, 0.15) is 39.5 Å². The second-order valence-electron chi connectivity index (χ2n) is 5.37. The number of piperidine rings is 1. The van der Waals surface area contributed by atoms with Crippen molar-refractivity contribution in [3.05, 3.63) is 0 Å². The highest BCUT2D eigenvalue weighted by Gasteiger charge is 2.75. The minimum Gasteiger partial charge on any atom is -0.258 e. The Morgan fingerprint density at radius 3 is 2.85 bits per heavy atom. The van der Waals surface area contributed by atoms with Gasteiger partial charge in [-0.3, -0.25) is 5.43 Å². The highest BCUT2D eigenvalue weighted by molar-refractivity contribution is 5.27. The van der Waals surface area contributed by atoms with E-state index in [2.05, 4.69) is 31.3 Å². The molecule has 2 heteroatoms. The molecule has 0 aromatic carbocycles. The molecular formula is C11H20N2. The summed E-state index contributed by atoms with van der Waals surface area (Å²) in [5, 5.41) is 2.55. The van der Waals surface area contributed by atoms with E-state index in [1.54, 1.807) is 0 Å². The topological polar surface area (TPSA) is 15.3 Å². The summed E-state index contributed by atoms with van der Waals surface area (Å²) in [4.78, 5) is 0. The third kappa shape index (κ3) is 0.668. The average molecular weight is 180 g/mol. The van der Waals surface area contributed by atoms with Crippen molar-refractivity contribution in [1.82, 2.24) is 10.4 Å². The molecule has 74 valence electrons. The van der Waals surface area contributed by atoms with Crippen LogP contribution in [0.3, 0.4) is 0 Å². The van der Waals surface area contributed by atoms with Crippen LogP contribution in [0, 0.1) is 11.3 Å². The third-order valence-electron chi connectivity index (χ3n) is 5.29. The van der Waals surface area contributed by atoms with Crippen molar-refractivity contribution in [2.75, 3.05) is 7.05 Å². The fourth-order valence-electron chi connectivity index (χ4n) is 4.44. The predicted octanol–water partition coefficient (Wildman–Crippen LogP) is 1.77. The molecule has 4 atom stereocenters. The number of nitrogens with zero attached hydrogens (tertiary/aromatic N) is 1. The van der Waals surface area contributed by atoms with Gasteiger partial charge in [-0.1, -0.05) is 6.92 Å². The molecule has 1 heterocycles. The normalized spacial score (nSPS) is 58.4. The molecule has 2 nitrogen and oxygen atoms in total. The van der Waals surface area contributed by atoms with Crippen molar-refractivity contribution >= 4 is 0 Å². The molecule has 0 amide bonds. The molecule has 13 heavy (non-hydrogen) atoms. The number of nitrogens with one attached hydrogen (secondary N) is 1. The third-order valence-corrected chi connectivity index (χ3v) is 5.29. The first-order valence-corrected chi connectivity index (χ1v) is 5.64. The van der Waals surface area contributed by atoms with Gasteiger partial charge in [-0.15, -0.1) is 0 Å². The fourth-order valence-corrected chi connectivity index (χ4v) is 4.44. The van der Waals surface area contributed by atoms with Crippen LogP contribution in [0.25, 0.3) is 0 Å². The summed E-state index contributed by atoms with van der Waals surface area (Å²) in [5.41, 5.74) is 4.59. The van der Waals surface area contributed by atoms with Gasteiger partial charge in [-0.05, 0) is 51.0 Å². The molecule has 2 aliphatic carbocycles. The summed E-state index contributed by atoms with van der Waals surface area (Å²) in [7, 11) is 2.09. The van der Waals surface area contributed by atoms with Gasteiger partial charge in [0.15, 0.2) is 0 Å². The van der Waals surface area contributed by atoms with E-state index in [0.29, 0.717) is 5.54 Å². The van der Waals surface area contributed by atoms with Gasteiger partial charge >= 0.3 is 0 Å². The van der Waals surface area contributed by atoms with E-state index in [0.717, 1.165) is 17.4 Å². The second kappa shape index (κ2) is 2.12. The fraction of sp³-hybridized carbons (Fsp3) is 1.00. The average Bonchev–Trinajstić information content (AvgIpc) is 2.65. The zero-order valence-corrected chi connectivity index (χ0v) is 8.93. The standard InChI is InChI=1S/C11H20N2/c1-4-10(2)11-6-8(11)5-9(7-11)13(10)12-3/h8-9,12H,4-7H2,1-3H3/t8?,9-,10?,11?/m1/s1. The lowest BCUT2D eigenvalue weighted by Gasteiger charge is -2.43. The van der Waals surface area contributed by atoms with Crippen LogP contribution in [0.15, 0.2) is 0 Å². The molecule has 1 N–H and O–H groups in total. The Bertz CT molecular complexity index is 252. The van der Waals surface area contributed by atoms with Crippen LogP contribution in [0.2, 0.25) is 0 Å². The minimum absolute atomic E-state index is 0.454. The van der Waals surface area contributed by atoms with Crippen molar-refractivity contribution in [3.8, 4) is 0 Å². The van der Waals surface area contributed by atoms with Gasteiger partial charge < -0.3 is 0 Å². The van der Waals surface area contributed by atoms with Gasteiger partial charge in [0.2, 0.25) is 0 Å². The quantitative estimate of drug-likeness (QED) is 0.697. The van der Waals surface area contributed by atoms with Crippen LogP contribution in [0.5, 0.6) is 0 Å². The molecule has 3 fully saturated rings. The molecule has 0 radical (unpaired) electrons. The van der Waals surface area contributed by atoms with Crippen molar-refractivity contribution in [1.29, 1.82) is 0 Å². The van der Waals surface area contributed by atoms with Gasteiger partial charge in [0.05, 0.1) is 0 Å². The summed E-state index contributed by atoms with van der Waals surface area (Å²) >= 11 is 0. The van der Waals surface area contributed by atoms with E-state index >= 15 is 0 Å². The SMILES string of the molecule is CCC1(C)N(NC)[C@@H]2CC3CC31C2. The molecule has 1 aliphatic heterocycles. The summed E-state index contributed by atoms with van der Waals surface area (Å²) in [5.74, 6) is 1.08. The molecule has 2 saturated carbocycles. The highest BCUT2D eigenvalue weighted by atomic mass is 15.6. The monoisotopic (exact) mass is 180 g/mol. The predicted molar refractivity (Wildman–Crippen MR) is 53.2 cm³/mol. The van der Waals surface area contributed by atoms with Crippen molar-refractivity contribution < 1.29 is 0 Å². The number of hydrogen-bond acceptors (Lipinski definition) is 2. The number of rotatable bonds is 2. The first-order chi connectivity index (χ1) is 6.18. The van der Waals surface area contributed by atoms with Crippen molar-refractivity contribution in [2.24, 2.45) is 11.3 Å². The molecule has 0 aromatic rings. The van der Waals surface area contributed by atoms with Gasteiger partial charge in [0.1, 0.15) is 0 Å². The lowest BCUT2D eigenvalue weighted by Crippen LogP contribution is -2.56. The van der Waals surface area contributed by atoms with Crippen LogP contribution >= 0.6 is 0 Å². The number of hydrazine groups is 1. The van der Waals surface area contributed by atoms with E-state index in [1.165, 1.54) is 25.7 Å². The van der Waals surface area contributed by atoms with E-state index in [1.807, 2.05) is 0 Å². The summed E-state index contributed by atoms with van der Waals surface area (Å²) in [6, 6.07) is 0.841. The molecule has 1 saturated heterocycles. The maximum absolute atomic E-state index is 3.42. The maximum atomic E-state index is 3.42. The highest BCUT2D eigenvalue weighted by Crippen LogP contribution is 2.75. The number of fused-ring (bicyclic) bond motifs is 1. The van der Waals surface area contributed by atoms with Crippen LogP contribution in [-0.2, 0) is 0 Å². The molecular weight excluding hydrogens is 160 g/mol. The largest absolute Gasteiger partial charge is 0.258 e. The molecule has 0 aromatic heterocycles. The van der Waals surface area contributed by atoms with Gasteiger partial charge in [0.25, 0.3) is 0 Å². The van der Waals surface area contributed by atoms with Crippen LogP contribution < -0.4 is 5.43 Å². The molecule has 3 aliphatic rings. The van der Waals surface area contributed by atoms with Gasteiger partial charge in [0, 0.05) is 11.6 Å². The Hall–Kier alpha value is -0.0800. The summed E-state index contributed by atoms with van der Waals surface area (Å²) in [6.45, 7) is 4.80. The lowest BCUT2D eigenvalue weighted by atomic mass is 9.80. The zero-order chi connectivity index (χ0) is 9.27. The zero-order valence-electron chi connectivity index (χ0n) is 8.93. The van der Waals surface area contributed by atoms with Gasteiger partial charge in [-0.25, -0.2) is 5.01 Å². The van der Waals surface area contributed by atoms with Crippen LogP contribution in [0.4, 0.5) is 0 Å². The molecule has 3 unspecified atom stereocenters. The molecule has 2 bridgehead atoms. The summed E-state index contributed by atoms with van der Waals surface area (Å²) < 4.78 is 0. The Labute approximate surface area is 80.7 Å². The second-order valence-corrected chi connectivity index (χ2v) is 5.37. The van der Waals surface area contributed by atoms with Gasteiger partial charge in [-0.2, -0.15) is 0 Å². The first-order valence-electron chi connectivity index (χ1n) is 5.64. The van der Waals surface area contributed by atoms with Crippen molar-refractivity contribution in [2.45, 2.75) is 51.1 Å². The lowest BCUT2D eigenvalue weighted by molar-refractivity contribution is 0.00513. The van der Waals surface area contributed by atoms with Crippen molar-refractivity contribution in [3.63, 3.8) is 0 Å². The first kappa shape index (κ1) is 8.25.